The number of carbonyl (C=O) groups excluding carboxylic acids is 1. The second-order valence-electron chi connectivity index (χ2n) is 6.58. The molecule has 3 aromatic rings. The lowest BCUT2D eigenvalue weighted by Gasteiger charge is -2.17. The molecule has 0 saturated heterocycles. The Balaban J connectivity index is 1.66. The number of nitrogens with one attached hydrogen (secondary N) is 2. The molecule has 27 heavy (non-hydrogen) atoms. The first-order valence-corrected chi connectivity index (χ1v) is 10.4. The lowest BCUT2D eigenvalue weighted by molar-refractivity contribution is -0.123. The van der Waals surface area contributed by atoms with E-state index in [-0.39, 0.29) is 18.6 Å². The Kier molecular flexibility index (Phi) is 6.40. The average Bonchev–Trinajstić information content (AvgIpc) is 3.10. The van der Waals surface area contributed by atoms with Crippen molar-refractivity contribution in [2.24, 2.45) is 0 Å². The van der Waals surface area contributed by atoms with Crippen LogP contribution in [0.5, 0.6) is 5.75 Å². The second-order valence-corrected chi connectivity index (χ2v) is 7.56. The van der Waals surface area contributed by atoms with Crippen LogP contribution in [0.15, 0.2) is 42.5 Å². The number of hydrogen-bond acceptors (Lipinski definition) is 4. The molecule has 5 nitrogen and oxygen atoms in total. The van der Waals surface area contributed by atoms with Gasteiger partial charge in [-0.05, 0) is 67.7 Å². The molecule has 0 radical (unpaired) electrons. The number of rotatable bonds is 8. The van der Waals surface area contributed by atoms with Gasteiger partial charge in [-0.15, -0.1) is 0 Å². The fourth-order valence-corrected chi connectivity index (χ4v) is 3.31. The van der Waals surface area contributed by atoms with Gasteiger partial charge in [-0.2, -0.15) is 11.8 Å². The molecule has 0 saturated carbocycles. The van der Waals surface area contributed by atoms with E-state index in [9.17, 15) is 4.79 Å². The maximum absolute atomic E-state index is 12.4. The van der Waals surface area contributed by atoms with Crippen LogP contribution < -0.4 is 10.1 Å². The minimum absolute atomic E-state index is 0.0154. The molecule has 2 aromatic carbocycles. The number of aryl methyl sites for hydroxylation is 2. The van der Waals surface area contributed by atoms with Crippen molar-refractivity contribution in [1.82, 2.24) is 15.3 Å². The number of amides is 1. The number of thioether (sulfide) groups is 1. The van der Waals surface area contributed by atoms with Crippen LogP contribution in [0.3, 0.4) is 0 Å². The maximum atomic E-state index is 12.4. The minimum Gasteiger partial charge on any atom is -0.484 e. The Bertz CT molecular complexity index is 890. The van der Waals surface area contributed by atoms with Crippen molar-refractivity contribution >= 4 is 28.7 Å². The summed E-state index contributed by atoms with van der Waals surface area (Å²) in [7, 11) is 0. The van der Waals surface area contributed by atoms with Crippen molar-refractivity contribution in [3.63, 3.8) is 0 Å². The third kappa shape index (κ3) is 5.04. The molecule has 1 aromatic heterocycles. The van der Waals surface area contributed by atoms with E-state index < -0.39 is 0 Å². The summed E-state index contributed by atoms with van der Waals surface area (Å²) in [4.78, 5) is 20.4. The Morgan fingerprint density at radius 1 is 1.22 bits per heavy atom. The summed E-state index contributed by atoms with van der Waals surface area (Å²) in [6.07, 6.45) is 2.86. The highest BCUT2D eigenvalue weighted by Gasteiger charge is 2.18. The maximum Gasteiger partial charge on any atom is 0.258 e. The zero-order chi connectivity index (χ0) is 19.2. The van der Waals surface area contributed by atoms with Crippen LogP contribution in [-0.2, 0) is 4.79 Å². The number of aromatic amines is 1. The van der Waals surface area contributed by atoms with Crippen LogP contribution >= 0.6 is 11.8 Å². The highest BCUT2D eigenvalue weighted by molar-refractivity contribution is 7.98. The molecule has 0 bridgehead atoms. The average molecular weight is 384 g/mol. The standard InChI is InChI=1S/C21H25N3O2S/c1-14-8-9-16(12-15(14)2)26-13-20(25)22-19(10-11-27-3)21-23-17-6-4-5-7-18(17)24-21/h4-9,12,19H,10-11,13H2,1-3H3,(H,22,25)(H,23,24)/t19-/m1/s1. The van der Waals surface area contributed by atoms with E-state index in [0.717, 1.165) is 34.6 Å². The fraction of sp³-hybridized carbons (Fsp3) is 0.333. The van der Waals surface area contributed by atoms with Gasteiger partial charge in [0.15, 0.2) is 6.61 Å². The molecule has 0 fully saturated rings. The van der Waals surface area contributed by atoms with Gasteiger partial charge in [0.25, 0.3) is 5.91 Å². The summed E-state index contributed by atoms with van der Waals surface area (Å²) >= 11 is 1.75. The number of nitrogens with zero attached hydrogens (tertiary/aromatic N) is 1. The Morgan fingerprint density at radius 3 is 2.78 bits per heavy atom. The largest absolute Gasteiger partial charge is 0.484 e. The van der Waals surface area contributed by atoms with E-state index in [1.807, 2.05) is 49.4 Å². The molecule has 142 valence electrons. The molecule has 1 atom stereocenters. The van der Waals surface area contributed by atoms with Crippen LogP contribution in [-0.4, -0.2) is 34.5 Å². The van der Waals surface area contributed by atoms with E-state index in [0.29, 0.717) is 5.75 Å². The van der Waals surface area contributed by atoms with Gasteiger partial charge in [0.2, 0.25) is 0 Å². The summed E-state index contributed by atoms with van der Waals surface area (Å²) in [6, 6.07) is 13.6. The number of ether oxygens (including phenoxy) is 1. The van der Waals surface area contributed by atoms with E-state index in [1.54, 1.807) is 11.8 Å². The molecule has 0 aliphatic rings. The number of hydrogen-bond donors (Lipinski definition) is 2. The van der Waals surface area contributed by atoms with Crippen molar-refractivity contribution in [2.75, 3.05) is 18.6 Å². The molecular weight excluding hydrogens is 358 g/mol. The third-order valence-electron chi connectivity index (χ3n) is 4.53. The van der Waals surface area contributed by atoms with Crippen LogP contribution in [0, 0.1) is 13.8 Å². The number of benzene rings is 2. The Hall–Kier alpha value is -2.47. The fourth-order valence-electron chi connectivity index (χ4n) is 2.84. The molecular formula is C21H25N3O2S. The number of imidazole rings is 1. The molecule has 0 aliphatic carbocycles. The summed E-state index contributed by atoms with van der Waals surface area (Å²) in [5, 5.41) is 3.05. The number of para-hydroxylation sites is 2. The monoisotopic (exact) mass is 383 g/mol. The number of aromatic nitrogens is 2. The van der Waals surface area contributed by atoms with Crippen molar-refractivity contribution < 1.29 is 9.53 Å². The van der Waals surface area contributed by atoms with Crippen molar-refractivity contribution in [3.05, 3.63) is 59.4 Å². The summed E-state index contributed by atoms with van der Waals surface area (Å²) in [5.41, 5.74) is 4.23. The molecule has 0 unspecified atom stereocenters. The normalized spacial score (nSPS) is 12.1. The highest BCUT2D eigenvalue weighted by atomic mass is 32.2. The SMILES string of the molecule is CSCC[C@@H](NC(=O)COc1ccc(C)c(C)c1)c1nc2ccccc2[nH]1. The van der Waals surface area contributed by atoms with Gasteiger partial charge in [-0.3, -0.25) is 4.79 Å². The van der Waals surface area contributed by atoms with Gasteiger partial charge >= 0.3 is 0 Å². The molecule has 2 N–H and O–H groups in total. The molecule has 1 heterocycles. The summed E-state index contributed by atoms with van der Waals surface area (Å²) in [6.45, 7) is 4.07. The first-order valence-electron chi connectivity index (χ1n) is 9.00. The van der Waals surface area contributed by atoms with Gasteiger partial charge in [-0.25, -0.2) is 4.98 Å². The highest BCUT2D eigenvalue weighted by Crippen LogP contribution is 2.20. The van der Waals surface area contributed by atoms with Crippen LogP contribution in [0.2, 0.25) is 0 Å². The summed E-state index contributed by atoms with van der Waals surface area (Å²) < 4.78 is 5.66. The predicted octanol–water partition coefficient (Wildman–Crippen LogP) is 4.17. The zero-order valence-corrected chi connectivity index (χ0v) is 16.7. The van der Waals surface area contributed by atoms with Crippen LogP contribution in [0.25, 0.3) is 11.0 Å². The number of H-pyrrole nitrogens is 1. The lowest BCUT2D eigenvalue weighted by atomic mass is 10.1. The van der Waals surface area contributed by atoms with Crippen molar-refractivity contribution in [1.29, 1.82) is 0 Å². The molecule has 0 spiro atoms. The molecule has 3 rings (SSSR count). The smallest absolute Gasteiger partial charge is 0.258 e. The van der Waals surface area contributed by atoms with Crippen molar-refractivity contribution in [2.45, 2.75) is 26.3 Å². The van der Waals surface area contributed by atoms with Crippen molar-refractivity contribution in [3.8, 4) is 5.75 Å². The molecule has 6 heteroatoms. The van der Waals surface area contributed by atoms with E-state index in [4.69, 9.17) is 4.74 Å². The third-order valence-corrected chi connectivity index (χ3v) is 5.18. The zero-order valence-electron chi connectivity index (χ0n) is 15.9. The van der Waals surface area contributed by atoms with Gasteiger partial charge in [-0.1, -0.05) is 18.2 Å². The summed E-state index contributed by atoms with van der Waals surface area (Å²) in [5.74, 6) is 2.27. The molecule has 0 aliphatic heterocycles. The van der Waals surface area contributed by atoms with Crippen LogP contribution in [0.1, 0.15) is 29.4 Å². The molecule has 1 amide bonds. The van der Waals surface area contributed by atoms with Gasteiger partial charge in [0.05, 0.1) is 17.1 Å². The predicted molar refractivity (Wildman–Crippen MR) is 111 cm³/mol. The number of carbonyl (C=O) groups is 1. The first kappa shape index (κ1) is 19.3. The Labute approximate surface area is 163 Å². The van der Waals surface area contributed by atoms with E-state index >= 15 is 0 Å². The second kappa shape index (κ2) is 8.95. The van der Waals surface area contributed by atoms with Gasteiger partial charge in [0.1, 0.15) is 11.6 Å². The first-order chi connectivity index (χ1) is 13.1. The number of fused-ring (bicyclic) bond motifs is 1. The lowest BCUT2D eigenvalue weighted by Crippen LogP contribution is -2.33. The van der Waals surface area contributed by atoms with Crippen LogP contribution in [0.4, 0.5) is 0 Å². The Morgan fingerprint density at radius 2 is 2.04 bits per heavy atom. The van der Waals surface area contributed by atoms with E-state index in [2.05, 4.69) is 28.5 Å². The van der Waals surface area contributed by atoms with E-state index in [1.165, 1.54) is 5.56 Å². The topological polar surface area (TPSA) is 67.0 Å². The van der Waals surface area contributed by atoms with Gasteiger partial charge < -0.3 is 15.0 Å². The minimum atomic E-state index is -0.166. The van der Waals surface area contributed by atoms with Gasteiger partial charge in [0, 0.05) is 0 Å². The quantitative estimate of drug-likeness (QED) is 0.613.